The van der Waals surface area contributed by atoms with Gasteiger partial charge < -0.3 is 5.32 Å². The van der Waals surface area contributed by atoms with Gasteiger partial charge in [-0.1, -0.05) is 74.3 Å². The second-order valence-corrected chi connectivity index (χ2v) is 9.98. The Morgan fingerprint density at radius 3 is 2.68 bits per heavy atom. The number of benzene rings is 2. The van der Waals surface area contributed by atoms with Crippen LogP contribution in [-0.4, -0.2) is 24.4 Å². The number of amides is 2. The number of hydrogen-bond acceptors (Lipinski definition) is 3. The van der Waals surface area contributed by atoms with Gasteiger partial charge in [0.1, 0.15) is 6.54 Å². The van der Waals surface area contributed by atoms with Gasteiger partial charge in [0.05, 0.1) is 10.6 Å². The molecule has 162 valence electrons. The van der Waals surface area contributed by atoms with Crippen LogP contribution in [0.5, 0.6) is 0 Å². The highest BCUT2D eigenvalue weighted by Crippen LogP contribution is 2.42. The van der Waals surface area contributed by atoms with Crippen molar-refractivity contribution in [3.05, 3.63) is 64.0 Å². The molecule has 31 heavy (non-hydrogen) atoms. The van der Waals surface area contributed by atoms with Crippen LogP contribution in [0.25, 0.3) is 6.08 Å². The fourth-order valence-corrected chi connectivity index (χ4v) is 5.50. The van der Waals surface area contributed by atoms with E-state index in [1.807, 2.05) is 42.5 Å². The van der Waals surface area contributed by atoms with Gasteiger partial charge >= 0.3 is 0 Å². The smallest absolute Gasteiger partial charge is 0.265 e. The summed E-state index contributed by atoms with van der Waals surface area (Å²) in [7, 11) is 0. The summed E-state index contributed by atoms with van der Waals surface area (Å²) in [6.07, 6.45) is 5.20. The molecule has 2 amide bonds. The molecule has 0 saturated heterocycles. The molecule has 1 fully saturated rings. The summed E-state index contributed by atoms with van der Waals surface area (Å²) < 4.78 is 0. The summed E-state index contributed by atoms with van der Waals surface area (Å²) in [5, 5.41) is 3.85. The summed E-state index contributed by atoms with van der Waals surface area (Å²) in [6.45, 7) is 4.48. The van der Waals surface area contributed by atoms with Crippen LogP contribution in [0, 0.1) is 11.8 Å². The van der Waals surface area contributed by atoms with Crippen molar-refractivity contribution in [1.29, 1.82) is 0 Å². The van der Waals surface area contributed by atoms with Crippen molar-refractivity contribution in [2.24, 2.45) is 11.8 Å². The highest BCUT2D eigenvalue weighted by molar-refractivity contribution is 8.04. The van der Waals surface area contributed by atoms with Crippen LogP contribution in [-0.2, 0) is 9.59 Å². The monoisotopic (exact) mass is 454 g/mol. The number of anilines is 1. The third-order valence-corrected chi connectivity index (χ3v) is 7.68. The SMILES string of the molecule is CC1CCCC(NC(=O)CN2C(=O)C(=Cc3ccc(Cl)cc3)Sc3ccccc32)C1C. The number of para-hydroxylation sites is 1. The molecule has 4 rings (SSSR count). The molecule has 1 saturated carbocycles. The van der Waals surface area contributed by atoms with Crippen LogP contribution in [0.4, 0.5) is 5.69 Å². The molecule has 2 aromatic carbocycles. The Morgan fingerprint density at radius 1 is 1.16 bits per heavy atom. The molecule has 0 radical (unpaired) electrons. The molecular weight excluding hydrogens is 428 g/mol. The first-order valence-corrected chi connectivity index (χ1v) is 12.0. The molecule has 3 unspecified atom stereocenters. The minimum absolute atomic E-state index is 0.0198. The molecule has 2 aromatic rings. The fraction of sp³-hybridized carbons (Fsp3) is 0.360. The molecular formula is C25H27ClN2O2S. The summed E-state index contributed by atoms with van der Waals surface area (Å²) >= 11 is 7.42. The van der Waals surface area contributed by atoms with E-state index in [2.05, 4.69) is 19.2 Å². The Kier molecular flexibility index (Phi) is 6.73. The van der Waals surface area contributed by atoms with Gasteiger partial charge in [0, 0.05) is 16.0 Å². The molecule has 2 aliphatic rings. The lowest BCUT2D eigenvalue weighted by molar-refractivity contribution is -0.123. The number of hydrogen-bond donors (Lipinski definition) is 1. The summed E-state index contributed by atoms with van der Waals surface area (Å²) in [5.74, 6) is 0.783. The van der Waals surface area contributed by atoms with Crippen molar-refractivity contribution < 1.29 is 9.59 Å². The molecule has 4 nitrogen and oxygen atoms in total. The molecule has 0 spiro atoms. The van der Waals surface area contributed by atoms with Crippen LogP contribution in [0.2, 0.25) is 5.02 Å². The van der Waals surface area contributed by atoms with E-state index in [0.29, 0.717) is 21.8 Å². The average molecular weight is 455 g/mol. The Morgan fingerprint density at radius 2 is 1.90 bits per heavy atom. The summed E-state index contributed by atoms with van der Waals surface area (Å²) in [4.78, 5) is 29.4. The number of rotatable bonds is 4. The zero-order valence-electron chi connectivity index (χ0n) is 17.8. The van der Waals surface area contributed by atoms with E-state index in [9.17, 15) is 9.59 Å². The first kappa shape index (κ1) is 22.0. The number of halogens is 1. The second kappa shape index (κ2) is 9.49. The van der Waals surface area contributed by atoms with Gasteiger partial charge in [-0.2, -0.15) is 0 Å². The van der Waals surface area contributed by atoms with Crippen LogP contribution in [0.1, 0.15) is 38.7 Å². The van der Waals surface area contributed by atoms with E-state index in [1.165, 1.54) is 18.2 Å². The fourth-order valence-electron chi connectivity index (χ4n) is 4.31. The lowest BCUT2D eigenvalue weighted by Crippen LogP contribution is -2.49. The maximum Gasteiger partial charge on any atom is 0.265 e. The highest BCUT2D eigenvalue weighted by atomic mass is 35.5. The van der Waals surface area contributed by atoms with Gasteiger partial charge in [-0.05, 0) is 54.2 Å². The van der Waals surface area contributed by atoms with Crippen LogP contribution < -0.4 is 10.2 Å². The van der Waals surface area contributed by atoms with Crippen molar-refractivity contribution in [2.75, 3.05) is 11.4 Å². The average Bonchev–Trinajstić information content (AvgIpc) is 2.76. The summed E-state index contributed by atoms with van der Waals surface area (Å²) in [6, 6.07) is 15.3. The van der Waals surface area contributed by atoms with E-state index in [1.54, 1.807) is 17.0 Å². The standard InChI is InChI=1S/C25H27ClN2O2S/c1-16-6-5-7-20(17(16)2)27-24(29)15-28-21-8-3-4-9-22(21)31-23(25(28)30)14-18-10-12-19(26)13-11-18/h3-4,8-14,16-17,20H,5-7,15H2,1-2H3,(H,27,29). The van der Waals surface area contributed by atoms with Gasteiger partial charge in [-0.3, -0.25) is 14.5 Å². The largest absolute Gasteiger partial charge is 0.352 e. The Hall–Kier alpha value is -2.24. The number of carbonyl (C=O) groups is 2. The third kappa shape index (κ3) is 4.99. The zero-order chi connectivity index (χ0) is 22.0. The molecule has 0 aromatic heterocycles. The Labute approximate surface area is 193 Å². The molecule has 1 N–H and O–H groups in total. The minimum atomic E-state index is -0.154. The van der Waals surface area contributed by atoms with Crippen molar-refractivity contribution in [3.63, 3.8) is 0 Å². The van der Waals surface area contributed by atoms with Crippen molar-refractivity contribution in [3.8, 4) is 0 Å². The number of thioether (sulfide) groups is 1. The van der Waals surface area contributed by atoms with Crippen LogP contribution >= 0.6 is 23.4 Å². The minimum Gasteiger partial charge on any atom is -0.352 e. The molecule has 1 aliphatic heterocycles. The maximum atomic E-state index is 13.3. The Balaban J connectivity index is 1.56. The van der Waals surface area contributed by atoms with Crippen molar-refractivity contribution in [2.45, 2.75) is 44.0 Å². The number of fused-ring (bicyclic) bond motifs is 1. The van der Waals surface area contributed by atoms with E-state index in [4.69, 9.17) is 11.6 Å². The van der Waals surface area contributed by atoms with Gasteiger partial charge in [-0.25, -0.2) is 0 Å². The first-order valence-electron chi connectivity index (χ1n) is 10.8. The molecule has 0 bridgehead atoms. The van der Waals surface area contributed by atoms with Crippen molar-refractivity contribution >= 4 is 46.9 Å². The van der Waals surface area contributed by atoms with E-state index >= 15 is 0 Å². The normalized spacial score (nSPS) is 24.7. The number of carbonyl (C=O) groups excluding carboxylic acids is 2. The Bertz CT molecular complexity index is 1000. The predicted octanol–water partition coefficient (Wildman–Crippen LogP) is 5.76. The van der Waals surface area contributed by atoms with E-state index in [0.717, 1.165) is 29.0 Å². The van der Waals surface area contributed by atoms with Gasteiger partial charge in [0.2, 0.25) is 5.91 Å². The van der Waals surface area contributed by atoms with Crippen molar-refractivity contribution in [1.82, 2.24) is 5.32 Å². The van der Waals surface area contributed by atoms with Gasteiger partial charge in [0.25, 0.3) is 5.91 Å². The number of nitrogens with one attached hydrogen (secondary N) is 1. The topological polar surface area (TPSA) is 49.4 Å². The summed E-state index contributed by atoms with van der Waals surface area (Å²) in [5.41, 5.74) is 1.68. The lowest BCUT2D eigenvalue weighted by atomic mass is 9.78. The highest BCUT2D eigenvalue weighted by Gasteiger charge is 2.32. The molecule has 6 heteroatoms. The molecule has 1 heterocycles. The second-order valence-electron chi connectivity index (χ2n) is 8.46. The van der Waals surface area contributed by atoms with Crippen LogP contribution in [0.3, 0.4) is 0 Å². The first-order chi connectivity index (χ1) is 14.9. The van der Waals surface area contributed by atoms with E-state index < -0.39 is 0 Å². The third-order valence-electron chi connectivity index (χ3n) is 6.35. The van der Waals surface area contributed by atoms with E-state index in [-0.39, 0.29) is 24.4 Å². The maximum absolute atomic E-state index is 13.3. The van der Waals surface area contributed by atoms with Crippen LogP contribution in [0.15, 0.2) is 58.3 Å². The molecule has 1 aliphatic carbocycles. The van der Waals surface area contributed by atoms with Gasteiger partial charge in [-0.15, -0.1) is 0 Å². The zero-order valence-corrected chi connectivity index (χ0v) is 19.4. The lowest BCUT2D eigenvalue weighted by Gasteiger charge is -2.35. The van der Waals surface area contributed by atoms with Gasteiger partial charge in [0.15, 0.2) is 0 Å². The predicted molar refractivity (Wildman–Crippen MR) is 128 cm³/mol. The quantitative estimate of drug-likeness (QED) is 0.597. The molecule has 3 atom stereocenters. The number of nitrogens with zero attached hydrogens (tertiary/aromatic N) is 1.